The lowest BCUT2D eigenvalue weighted by atomic mass is 9.47. The largest absolute Gasteiger partial charge is 0.486 e. The van der Waals surface area contributed by atoms with Crippen LogP contribution in [-0.4, -0.2) is 42.6 Å². The molecule has 4 bridgehead atoms. The van der Waals surface area contributed by atoms with E-state index < -0.39 is 17.4 Å². The molecule has 6 rings (SSSR count). The number of rotatable bonds is 5. The molecule has 5 aliphatic rings. The van der Waals surface area contributed by atoms with Crippen molar-refractivity contribution in [2.75, 3.05) is 18.5 Å². The predicted molar refractivity (Wildman–Crippen MR) is 115 cm³/mol. The summed E-state index contributed by atoms with van der Waals surface area (Å²) in [6, 6.07) is 5.19. The van der Waals surface area contributed by atoms with Crippen molar-refractivity contribution in [3.05, 3.63) is 18.2 Å². The molecule has 8 nitrogen and oxygen atoms in total. The lowest BCUT2D eigenvalue weighted by Gasteiger charge is -2.60. The van der Waals surface area contributed by atoms with Crippen LogP contribution in [0, 0.1) is 17.3 Å². The van der Waals surface area contributed by atoms with Crippen molar-refractivity contribution in [3.8, 4) is 11.5 Å². The quantitative estimate of drug-likeness (QED) is 0.680. The average molecular weight is 443 g/mol. The van der Waals surface area contributed by atoms with Gasteiger partial charge < -0.3 is 24.8 Å². The lowest BCUT2D eigenvalue weighted by molar-refractivity contribution is -0.181. The first-order valence-electron chi connectivity index (χ1n) is 11.5. The summed E-state index contributed by atoms with van der Waals surface area (Å²) in [5.41, 5.74) is -0.370. The second-order valence-corrected chi connectivity index (χ2v) is 10.1. The molecule has 0 aromatic heterocycles. The van der Waals surface area contributed by atoms with Gasteiger partial charge in [0.2, 0.25) is 5.91 Å². The molecule has 0 saturated heterocycles. The molecule has 2 N–H and O–H groups in total. The van der Waals surface area contributed by atoms with Crippen molar-refractivity contribution < 1.29 is 28.6 Å². The third-order valence-corrected chi connectivity index (χ3v) is 7.40. The van der Waals surface area contributed by atoms with Gasteiger partial charge in [-0.15, -0.1) is 0 Å². The summed E-state index contributed by atoms with van der Waals surface area (Å²) in [6.07, 6.45) is 4.19. The van der Waals surface area contributed by atoms with Gasteiger partial charge in [0.25, 0.3) is 5.91 Å². The zero-order valence-electron chi connectivity index (χ0n) is 18.6. The van der Waals surface area contributed by atoms with E-state index in [1.807, 2.05) is 0 Å². The smallest absolute Gasteiger partial charge is 0.312 e. The highest BCUT2D eigenvalue weighted by Crippen LogP contribution is 2.62. The second kappa shape index (κ2) is 7.67. The van der Waals surface area contributed by atoms with Gasteiger partial charge in [0.15, 0.2) is 17.6 Å². The minimum absolute atomic E-state index is 0.0531. The van der Waals surface area contributed by atoms with Gasteiger partial charge in [0.1, 0.15) is 13.2 Å². The molecule has 1 aromatic carbocycles. The minimum atomic E-state index is -0.930. The van der Waals surface area contributed by atoms with Gasteiger partial charge in [0.05, 0.1) is 5.41 Å². The fourth-order valence-corrected chi connectivity index (χ4v) is 6.73. The number of hydrogen-bond acceptors (Lipinski definition) is 6. The highest BCUT2D eigenvalue weighted by atomic mass is 16.6. The Hall–Kier alpha value is -2.77. The average Bonchev–Trinajstić information content (AvgIpc) is 2.71. The number of esters is 1. The van der Waals surface area contributed by atoms with Crippen LogP contribution in [0.1, 0.15) is 52.4 Å². The lowest BCUT2D eigenvalue weighted by Crippen LogP contribution is -2.65. The van der Waals surface area contributed by atoms with Crippen LogP contribution in [0.4, 0.5) is 5.69 Å². The van der Waals surface area contributed by atoms with Crippen LogP contribution in [0.5, 0.6) is 11.5 Å². The topological polar surface area (TPSA) is 103 Å². The number of nitrogens with one attached hydrogen (secondary N) is 2. The highest BCUT2D eigenvalue weighted by Gasteiger charge is 2.61. The molecule has 172 valence electrons. The highest BCUT2D eigenvalue weighted by molar-refractivity contribution is 5.95. The third kappa shape index (κ3) is 3.80. The molecule has 4 aliphatic carbocycles. The Labute approximate surface area is 187 Å². The van der Waals surface area contributed by atoms with Gasteiger partial charge in [0, 0.05) is 24.2 Å². The fourth-order valence-electron chi connectivity index (χ4n) is 6.73. The van der Waals surface area contributed by atoms with E-state index in [1.165, 1.54) is 6.92 Å². The Morgan fingerprint density at radius 1 is 1.06 bits per heavy atom. The number of fused-ring (bicyclic) bond motifs is 1. The van der Waals surface area contributed by atoms with E-state index in [0.717, 1.165) is 32.1 Å². The predicted octanol–water partition coefficient (Wildman–Crippen LogP) is 2.80. The molecule has 1 heterocycles. The molecular weight excluding hydrogens is 412 g/mol. The van der Waals surface area contributed by atoms with E-state index in [1.54, 1.807) is 25.1 Å². The summed E-state index contributed by atoms with van der Waals surface area (Å²) in [5.74, 6) is 1.29. The molecule has 3 atom stereocenters. The molecule has 32 heavy (non-hydrogen) atoms. The van der Waals surface area contributed by atoms with Gasteiger partial charge in [-0.3, -0.25) is 14.4 Å². The van der Waals surface area contributed by atoms with Crippen LogP contribution in [0.2, 0.25) is 0 Å². The van der Waals surface area contributed by atoms with Crippen molar-refractivity contribution in [1.29, 1.82) is 0 Å². The zero-order valence-corrected chi connectivity index (χ0v) is 18.6. The molecular formula is C24H30N2O6. The number of hydrogen-bond donors (Lipinski definition) is 2. The maximum Gasteiger partial charge on any atom is 0.312 e. The summed E-state index contributed by atoms with van der Waals surface area (Å²) in [7, 11) is 0. The van der Waals surface area contributed by atoms with Crippen LogP contribution in [0.3, 0.4) is 0 Å². The van der Waals surface area contributed by atoms with Crippen LogP contribution in [0.15, 0.2) is 18.2 Å². The van der Waals surface area contributed by atoms with Crippen molar-refractivity contribution in [1.82, 2.24) is 5.32 Å². The summed E-state index contributed by atoms with van der Waals surface area (Å²) >= 11 is 0. The molecule has 4 saturated carbocycles. The summed E-state index contributed by atoms with van der Waals surface area (Å²) in [6.45, 7) is 4.09. The number of carbonyl (C=O) groups excluding carboxylic acids is 3. The fraction of sp³-hybridized carbons (Fsp3) is 0.625. The van der Waals surface area contributed by atoms with Gasteiger partial charge in [-0.25, -0.2) is 0 Å². The van der Waals surface area contributed by atoms with Gasteiger partial charge in [-0.05, 0) is 69.4 Å². The van der Waals surface area contributed by atoms with Gasteiger partial charge in [-0.1, -0.05) is 0 Å². The first-order valence-corrected chi connectivity index (χ1v) is 11.5. The Bertz CT molecular complexity index is 946. The number of anilines is 1. The summed E-state index contributed by atoms with van der Waals surface area (Å²) in [4.78, 5) is 37.9. The van der Waals surface area contributed by atoms with E-state index >= 15 is 0 Å². The van der Waals surface area contributed by atoms with E-state index in [9.17, 15) is 14.4 Å². The first kappa shape index (κ1) is 21.1. The molecule has 2 amide bonds. The number of benzene rings is 1. The summed E-state index contributed by atoms with van der Waals surface area (Å²) < 4.78 is 16.8. The molecule has 1 aliphatic heterocycles. The number of carbonyl (C=O) groups is 3. The van der Waals surface area contributed by atoms with Crippen LogP contribution >= 0.6 is 0 Å². The Kier molecular flexibility index (Phi) is 5.06. The molecule has 8 heteroatoms. The summed E-state index contributed by atoms with van der Waals surface area (Å²) in [5, 5.41) is 5.95. The van der Waals surface area contributed by atoms with E-state index in [-0.39, 0.29) is 17.4 Å². The van der Waals surface area contributed by atoms with E-state index in [0.29, 0.717) is 48.7 Å². The maximum absolute atomic E-state index is 13.3. The zero-order chi connectivity index (χ0) is 22.5. The number of ether oxygens (including phenoxy) is 3. The monoisotopic (exact) mass is 442 g/mol. The van der Waals surface area contributed by atoms with E-state index in [4.69, 9.17) is 14.2 Å². The molecule has 3 unspecified atom stereocenters. The van der Waals surface area contributed by atoms with E-state index in [2.05, 4.69) is 10.6 Å². The Morgan fingerprint density at radius 2 is 1.75 bits per heavy atom. The SMILES string of the molecule is CC(=O)NC12CC3CC(C1)CC(C(=O)OC(C)C(=O)Nc1ccc4c(c1)OCCO4)(C3)C2. The van der Waals surface area contributed by atoms with Crippen molar-refractivity contribution in [3.63, 3.8) is 0 Å². The maximum atomic E-state index is 13.3. The van der Waals surface area contributed by atoms with Crippen LogP contribution < -0.4 is 20.1 Å². The molecule has 0 spiro atoms. The third-order valence-electron chi connectivity index (χ3n) is 7.40. The van der Waals surface area contributed by atoms with Crippen molar-refractivity contribution >= 4 is 23.5 Å². The van der Waals surface area contributed by atoms with Crippen LogP contribution in [0.25, 0.3) is 0 Å². The van der Waals surface area contributed by atoms with Gasteiger partial charge in [-0.2, -0.15) is 0 Å². The van der Waals surface area contributed by atoms with Crippen molar-refractivity contribution in [2.45, 2.75) is 64.0 Å². The Morgan fingerprint density at radius 3 is 2.44 bits per heavy atom. The minimum Gasteiger partial charge on any atom is -0.486 e. The molecule has 1 aromatic rings. The van der Waals surface area contributed by atoms with Gasteiger partial charge >= 0.3 is 5.97 Å². The first-order chi connectivity index (χ1) is 15.3. The normalized spacial score (nSPS) is 32.7. The Balaban J connectivity index is 1.25. The second-order valence-electron chi connectivity index (χ2n) is 10.1. The molecule has 4 fully saturated rings. The van der Waals surface area contributed by atoms with Crippen molar-refractivity contribution in [2.24, 2.45) is 17.3 Å². The molecule has 0 radical (unpaired) electrons. The van der Waals surface area contributed by atoms with Crippen LogP contribution in [-0.2, 0) is 19.1 Å². The number of amides is 2. The standard InChI is InChI=1S/C24H30N2O6/c1-14(21(28)25-18-3-4-19-20(8-18)31-6-5-30-19)32-22(29)23-9-16-7-17(10-23)12-24(11-16,13-23)26-15(2)27/h3-4,8,14,16-17H,5-7,9-13H2,1-2H3,(H,25,28)(H,26,27).